The van der Waals surface area contributed by atoms with E-state index in [-0.39, 0.29) is 11.5 Å². The molecule has 0 unspecified atom stereocenters. The summed E-state index contributed by atoms with van der Waals surface area (Å²) in [6, 6.07) is 0. The summed E-state index contributed by atoms with van der Waals surface area (Å²) in [7, 11) is 0. The first kappa shape index (κ1) is 15.9. The van der Waals surface area contributed by atoms with Crippen LogP contribution >= 0.6 is 0 Å². The molecule has 0 saturated heterocycles. The van der Waals surface area contributed by atoms with Gasteiger partial charge in [0.15, 0.2) is 0 Å². The molecule has 0 spiro atoms. The lowest BCUT2D eigenvalue weighted by molar-refractivity contribution is -0.0767. The van der Waals surface area contributed by atoms with E-state index in [1.54, 1.807) is 5.57 Å². The molecule has 0 aromatic carbocycles. The lowest BCUT2D eigenvalue weighted by Gasteiger charge is -2.57. The number of rotatable bonds is 2. The van der Waals surface area contributed by atoms with E-state index < -0.39 is 0 Å². The predicted molar refractivity (Wildman–Crippen MR) is 95.6 cm³/mol. The lowest BCUT2D eigenvalue weighted by atomic mass is 9.48. The minimum atomic E-state index is -0.0516. The molecular weight excluding hydrogens is 296 g/mol. The van der Waals surface area contributed by atoms with Gasteiger partial charge >= 0.3 is 0 Å². The van der Waals surface area contributed by atoms with Gasteiger partial charge in [-0.15, -0.1) is 0 Å². The third-order valence-electron chi connectivity index (χ3n) is 8.92. The zero-order valence-electron chi connectivity index (χ0n) is 15.5. The van der Waals surface area contributed by atoms with Crippen LogP contribution in [-0.2, 0) is 4.74 Å². The molecule has 5 rings (SSSR count). The monoisotopic (exact) mass is 330 g/mol. The van der Waals surface area contributed by atoms with E-state index in [1.807, 2.05) is 0 Å². The number of fused-ring (bicyclic) bond motifs is 5. The maximum Gasteiger partial charge on any atom is 0.0616 e. The molecule has 0 aliphatic heterocycles. The molecule has 2 nitrogen and oxygen atoms in total. The van der Waals surface area contributed by atoms with Crippen molar-refractivity contribution in [2.45, 2.75) is 96.4 Å². The summed E-state index contributed by atoms with van der Waals surface area (Å²) in [5, 5.41) is 10.6. The molecule has 134 valence electrons. The highest BCUT2D eigenvalue weighted by molar-refractivity contribution is 5.25. The molecule has 0 aromatic rings. The van der Waals surface area contributed by atoms with Gasteiger partial charge in [0, 0.05) is 0 Å². The topological polar surface area (TPSA) is 29.5 Å². The van der Waals surface area contributed by atoms with Crippen LogP contribution in [0.5, 0.6) is 0 Å². The van der Waals surface area contributed by atoms with Crippen LogP contribution in [0.3, 0.4) is 0 Å². The Morgan fingerprint density at radius 1 is 0.958 bits per heavy atom. The van der Waals surface area contributed by atoms with Crippen LogP contribution in [0.2, 0.25) is 0 Å². The molecule has 0 amide bonds. The first-order valence-electron chi connectivity index (χ1n) is 10.5. The molecule has 0 aromatic heterocycles. The minimum absolute atomic E-state index is 0.0516. The normalized spacial score (nSPS) is 53.8. The lowest BCUT2D eigenvalue weighted by Crippen LogP contribution is -2.51. The van der Waals surface area contributed by atoms with Crippen LogP contribution < -0.4 is 0 Å². The fourth-order valence-corrected chi connectivity index (χ4v) is 7.19. The van der Waals surface area contributed by atoms with Gasteiger partial charge in [-0.1, -0.05) is 25.5 Å². The SMILES string of the molecule is C[C@]12CC[C@H]3[C@@H](CC=C4C[C@@H](OC5CC5)CC[C@@]43C)[C@@H]1CC[C@@H]2O. The highest BCUT2D eigenvalue weighted by atomic mass is 16.5. The number of allylic oxidation sites excluding steroid dienone is 1. The Kier molecular flexibility index (Phi) is 3.53. The van der Waals surface area contributed by atoms with E-state index in [4.69, 9.17) is 4.74 Å². The number of hydrogen-bond donors (Lipinski definition) is 1. The number of aliphatic hydroxyl groups excluding tert-OH is 1. The molecule has 4 fully saturated rings. The fraction of sp³-hybridized carbons (Fsp3) is 0.909. The second-order valence-corrected chi connectivity index (χ2v) is 10.1. The van der Waals surface area contributed by atoms with E-state index in [0.717, 1.165) is 24.2 Å². The Morgan fingerprint density at radius 3 is 2.58 bits per heavy atom. The van der Waals surface area contributed by atoms with E-state index in [2.05, 4.69) is 19.9 Å². The van der Waals surface area contributed by atoms with Gasteiger partial charge in [0.1, 0.15) is 0 Å². The third kappa shape index (κ3) is 2.21. The van der Waals surface area contributed by atoms with E-state index in [9.17, 15) is 5.11 Å². The minimum Gasteiger partial charge on any atom is -0.393 e. The number of ether oxygens (including phenoxy) is 1. The van der Waals surface area contributed by atoms with Crippen molar-refractivity contribution < 1.29 is 9.84 Å². The maximum absolute atomic E-state index is 10.6. The van der Waals surface area contributed by atoms with E-state index in [1.165, 1.54) is 57.8 Å². The largest absolute Gasteiger partial charge is 0.393 e. The average molecular weight is 331 g/mol. The van der Waals surface area contributed by atoms with Crippen LogP contribution in [0.15, 0.2) is 11.6 Å². The average Bonchev–Trinajstić information content (AvgIpc) is 3.32. The highest BCUT2D eigenvalue weighted by Crippen LogP contribution is 2.64. The summed E-state index contributed by atoms with van der Waals surface area (Å²) in [6.07, 6.45) is 16.1. The van der Waals surface area contributed by atoms with Crippen molar-refractivity contribution in [3.05, 3.63) is 11.6 Å². The molecule has 1 N–H and O–H groups in total. The first-order valence-corrected chi connectivity index (χ1v) is 10.5. The van der Waals surface area contributed by atoms with Crippen LogP contribution in [-0.4, -0.2) is 23.4 Å². The van der Waals surface area contributed by atoms with E-state index in [0.29, 0.717) is 17.6 Å². The Bertz CT molecular complexity index is 550. The van der Waals surface area contributed by atoms with Gasteiger partial charge < -0.3 is 9.84 Å². The molecule has 24 heavy (non-hydrogen) atoms. The van der Waals surface area contributed by atoms with Crippen molar-refractivity contribution in [1.82, 2.24) is 0 Å². The summed E-state index contributed by atoms with van der Waals surface area (Å²) in [6.45, 7) is 4.95. The summed E-state index contributed by atoms with van der Waals surface area (Å²) >= 11 is 0. The first-order chi connectivity index (χ1) is 11.5. The van der Waals surface area contributed by atoms with Crippen molar-refractivity contribution in [3.8, 4) is 0 Å². The van der Waals surface area contributed by atoms with Crippen LogP contribution in [0.1, 0.15) is 78.1 Å². The predicted octanol–water partition coefficient (Wildman–Crippen LogP) is 4.86. The van der Waals surface area contributed by atoms with Gasteiger partial charge in [0.2, 0.25) is 0 Å². The maximum atomic E-state index is 10.6. The molecule has 5 aliphatic rings. The summed E-state index contributed by atoms with van der Waals surface area (Å²) in [4.78, 5) is 0. The molecule has 2 heteroatoms. The third-order valence-corrected chi connectivity index (χ3v) is 8.92. The van der Waals surface area contributed by atoms with Gasteiger partial charge in [-0.05, 0) is 92.8 Å². The molecule has 0 heterocycles. The van der Waals surface area contributed by atoms with Crippen molar-refractivity contribution in [1.29, 1.82) is 0 Å². The van der Waals surface area contributed by atoms with Crippen molar-refractivity contribution in [2.24, 2.45) is 28.6 Å². The summed E-state index contributed by atoms with van der Waals surface area (Å²) in [5.41, 5.74) is 2.35. The second kappa shape index (κ2) is 5.33. The summed E-state index contributed by atoms with van der Waals surface area (Å²) in [5.74, 6) is 2.42. The second-order valence-electron chi connectivity index (χ2n) is 10.1. The number of aliphatic hydroxyl groups is 1. The Morgan fingerprint density at radius 2 is 1.79 bits per heavy atom. The van der Waals surface area contributed by atoms with Gasteiger partial charge in [0.05, 0.1) is 18.3 Å². The molecular formula is C22H34O2. The standard InChI is InChI=1S/C22H34O2/c1-21-11-9-16(24-15-4-5-15)13-14(21)3-6-17-18-7-8-20(23)22(18,2)12-10-19(17)21/h3,15-20,23H,4-13H2,1-2H3/t16-,17-,18-,19-,20-,21-,22-/m0/s1. The van der Waals surface area contributed by atoms with Crippen LogP contribution in [0.4, 0.5) is 0 Å². The Balaban J connectivity index is 1.39. The fourth-order valence-electron chi connectivity index (χ4n) is 7.19. The zero-order valence-corrected chi connectivity index (χ0v) is 15.5. The van der Waals surface area contributed by atoms with Gasteiger partial charge in [-0.25, -0.2) is 0 Å². The zero-order chi connectivity index (χ0) is 16.5. The quantitative estimate of drug-likeness (QED) is 0.733. The molecule has 7 atom stereocenters. The van der Waals surface area contributed by atoms with Crippen molar-refractivity contribution in [3.63, 3.8) is 0 Å². The van der Waals surface area contributed by atoms with Gasteiger partial charge in [0.25, 0.3) is 0 Å². The van der Waals surface area contributed by atoms with Gasteiger partial charge in [-0.3, -0.25) is 0 Å². The van der Waals surface area contributed by atoms with Crippen LogP contribution in [0, 0.1) is 28.6 Å². The van der Waals surface area contributed by atoms with E-state index >= 15 is 0 Å². The molecule has 5 aliphatic carbocycles. The highest BCUT2D eigenvalue weighted by Gasteiger charge is 2.58. The van der Waals surface area contributed by atoms with Crippen LogP contribution in [0.25, 0.3) is 0 Å². The molecule has 4 saturated carbocycles. The van der Waals surface area contributed by atoms with Crippen molar-refractivity contribution in [2.75, 3.05) is 0 Å². The van der Waals surface area contributed by atoms with Gasteiger partial charge in [-0.2, -0.15) is 0 Å². The molecule has 0 radical (unpaired) electrons. The summed E-state index contributed by atoms with van der Waals surface area (Å²) < 4.78 is 6.26. The van der Waals surface area contributed by atoms with Crippen molar-refractivity contribution >= 4 is 0 Å². The Hall–Kier alpha value is -0.340. The smallest absolute Gasteiger partial charge is 0.0616 e. The number of hydrogen-bond acceptors (Lipinski definition) is 2. The Labute approximate surface area is 147 Å². The molecule has 0 bridgehead atoms.